The SMILES string of the molecule is O=C(N/N=C\c1ccc([N+](=O)[O-])cc1)c1csc(-n2nc(-c3ccc4ccccc4c3)cc2C(F)(F)F)n1. The van der Waals surface area contributed by atoms with Crippen molar-refractivity contribution in [1.82, 2.24) is 20.2 Å². The lowest BCUT2D eigenvalue weighted by Gasteiger charge is -2.06. The van der Waals surface area contributed by atoms with E-state index in [1.807, 2.05) is 24.3 Å². The molecule has 0 fully saturated rings. The van der Waals surface area contributed by atoms with Gasteiger partial charge in [0, 0.05) is 23.1 Å². The van der Waals surface area contributed by atoms with Crippen molar-refractivity contribution in [3.63, 3.8) is 0 Å². The van der Waals surface area contributed by atoms with Crippen LogP contribution in [0.25, 0.3) is 27.2 Å². The molecule has 0 saturated carbocycles. The number of nitro groups is 1. The summed E-state index contributed by atoms with van der Waals surface area (Å²) in [6.45, 7) is 0. The fourth-order valence-electron chi connectivity index (χ4n) is 3.59. The number of hydrogen-bond donors (Lipinski definition) is 1. The van der Waals surface area contributed by atoms with Crippen LogP contribution in [0.4, 0.5) is 18.9 Å². The molecular weight excluding hydrogens is 521 g/mol. The van der Waals surface area contributed by atoms with E-state index < -0.39 is 22.7 Å². The number of fused-ring (bicyclic) bond motifs is 1. The number of aromatic nitrogens is 3. The van der Waals surface area contributed by atoms with Gasteiger partial charge in [0.15, 0.2) is 5.69 Å². The van der Waals surface area contributed by atoms with Crippen LogP contribution in [-0.2, 0) is 6.18 Å². The minimum absolute atomic E-state index is 0.0955. The Labute approximate surface area is 216 Å². The van der Waals surface area contributed by atoms with Crippen LogP contribution in [0.5, 0.6) is 0 Å². The summed E-state index contributed by atoms with van der Waals surface area (Å²) >= 11 is 0.819. The first-order chi connectivity index (χ1) is 18.2. The Morgan fingerprint density at radius 1 is 1.05 bits per heavy atom. The first kappa shape index (κ1) is 24.8. The molecule has 1 amide bonds. The molecule has 190 valence electrons. The number of thiazole rings is 1. The van der Waals surface area contributed by atoms with Crippen LogP contribution >= 0.6 is 11.3 Å². The van der Waals surface area contributed by atoms with Crippen molar-refractivity contribution >= 4 is 39.9 Å². The summed E-state index contributed by atoms with van der Waals surface area (Å²) < 4.78 is 42.2. The molecule has 3 aromatic carbocycles. The molecule has 5 aromatic rings. The number of nitrogens with one attached hydrogen (secondary N) is 1. The van der Waals surface area contributed by atoms with Gasteiger partial charge in [-0.1, -0.05) is 36.4 Å². The molecule has 0 unspecified atom stereocenters. The Morgan fingerprint density at radius 3 is 2.50 bits per heavy atom. The molecule has 38 heavy (non-hydrogen) atoms. The van der Waals surface area contributed by atoms with E-state index in [-0.39, 0.29) is 22.2 Å². The van der Waals surface area contributed by atoms with E-state index in [0.717, 1.165) is 28.2 Å². The number of carbonyl (C=O) groups is 1. The van der Waals surface area contributed by atoms with E-state index in [1.165, 1.54) is 35.9 Å². The quantitative estimate of drug-likeness (QED) is 0.166. The maximum Gasteiger partial charge on any atom is 0.433 e. The van der Waals surface area contributed by atoms with Gasteiger partial charge in [0.25, 0.3) is 11.6 Å². The van der Waals surface area contributed by atoms with Crippen LogP contribution in [0.2, 0.25) is 0 Å². The van der Waals surface area contributed by atoms with E-state index in [9.17, 15) is 28.1 Å². The highest BCUT2D eigenvalue weighted by molar-refractivity contribution is 7.12. The number of hydrazone groups is 1. The van der Waals surface area contributed by atoms with Crippen molar-refractivity contribution in [3.8, 4) is 16.4 Å². The van der Waals surface area contributed by atoms with Crippen LogP contribution < -0.4 is 5.43 Å². The Balaban J connectivity index is 1.38. The van der Waals surface area contributed by atoms with Crippen molar-refractivity contribution in [1.29, 1.82) is 0 Å². The number of hydrogen-bond acceptors (Lipinski definition) is 7. The van der Waals surface area contributed by atoms with Gasteiger partial charge < -0.3 is 0 Å². The number of halogens is 3. The molecule has 0 aliphatic rings. The molecule has 2 heterocycles. The molecule has 0 atom stereocenters. The normalized spacial score (nSPS) is 11.8. The number of nitrogens with zero attached hydrogens (tertiary/aromatic N) is 5. The van der Waals surface area contributed by atoms with Crippen LogP contribution in [0, 0.1) is 10.1 Å². The number of non-ortho nitro benzene ring substituents is 1. The Kier molecular flexibility index (Phi) is 6.43. The van der Waals surface area contributed by atoms with E-state index in [0.29, 0.717) is 15.8 Å². The van der Waals surface area contributed by atoms with Gasteiger partial charge >= 0.3 is 6.18 Å². The average molecular weight is 536 g/mol. The zero-order valence-corrected chi connectivity index (χ0v) is 19.9. The molecule has 0 aliphatic carbocycles. The number of nitro benzene ring substituents is 1. The summed E-state index contributed by atoms with van der Waals surface area (Å²) in [5.41, 5.74) is 2.05. The lowest BCUT2D eigenvalue weighted by Crippen LogP contribution is -2.18. The summed E-state index contributed by atoms with van der Waals surface area (Å²) in [4.78, 5) is 26.6. The third-order valence-corrected chi connectivity index (χ3v) is 6.25. The van der Waals surface area contributed by atoms with Crippen molar-refractivity contribution in [2.24, 2.45) is 5.10 Å². The largest absolute Gasteiger partial charge is 0.433 e. The van der Waals surface area contributed by atoms with Gasteiger partial charge in [-0.15, -0.1) is 11.3 Å². The second-order valence-corrected chi connectivity index (χ2v) is 8.79. The maximum atomic E-state index is 13.9. The van der Waals surface area contributed by atoms with Gasteiger partial charge in [-0.3, -0.25) is 14.9 Å². The fourth-order valence-corrected chi connectivity index (χ4v) is 4.36. The molecule has 9 nitrogen and oxygen atoms in total. The Bertz CT molecular complexity index is 1690. The zero-order chi connectivity index (χ0) is 26.9. The molecule has 2 aromatic heterocycles. The highest BCUT2D eigenvalue weighted by Gasteiger charge is 2.37. The minimum atomic E-state index is -4.72. The predicted octanol–water partition coefficient (Wildman–Crippen LogP) is 5.84. The van der Waals surface area contributed by atoms with Crippen molar-refractivity contribution in [3.05, 3.63) is 105 Å². The monoisotopic (exact) mass is 536 g/mol. The molecule has 0 radical (unpaired) electrons. The number of benzene rings is 3. The maximum absolute atomic E-state index is 13.9. The third kappa shape index (κ3) is 5.13. The van der Waals surface area contributed by atoms with Gasteiger partial charge in [-0.05, 0) is 40.6 Å². The van der Waals surface area contributed by atoms with Gasteiger partial charge in [0.05, 0.1) is 16.8 Å². The highest BCUT2D eigenvalue weighted by Crippen LogP contribution is 2.35. The first-order valence-corrected chi connectivity index (χ1v) is 11.8. The topological polar surface area (TPSA) is 115 Å². The number of rotatable bonds is 6. The van der Waals surface area contributed by atoms with Gasteiger partial charge in [-0.25, -0.2) is 15.1 Å². The van der Waals surface area contributed by atoms with Crippen LogP contribution in [-0.4, -0.2) is 31.8 Å². The molecule has 13 heteroatoms. The van der Waals surface area contributed by atoms with Crippen LogP contribution in [0.1, 0.15) is 21.7 Å². The third-order valence-electron chi connectivity index (χ3n) is 5.43. The summed E-state index contributed by atoms with van der Waals surface area (Å²) in [5, 5.41) is 21.6. The van der Waals surface area contributed by atoms with E-state index in [4.69, 9.17) is 0 Å². The van der Waals surface area contributed by atoms with Gasteiger partial charge in [0.2, 0.25) is 5.13 Å². The number of alkyl halides is 3. The van der Waals surface area contributed by atoms with Crippen LogP contribution in [0.15, 0.2) is 83.3 Å². The second kappa shape index (κ2) is 9.86. The minimum Gasteiger partial charge on any atom is -0.266 e. The summed E-state index contributed by atoms with van der Waals surface area (Å²) in [5.74, 6) is -0.749. The molecule has 1 N–H and O–H groups in total. The van der Waals surface area contributed by atoms with Gasteiger partial charge in [0.1, 0.15) is 5.69 Å². The van der Waals surface area contributed by atoms with Crippen LogP contribution in [0.3, 0.4) is 0 Å². The van der Waals surface area contributed by atoms with Crippen molar-refractivity contribution < 1.29 is 22.9 Å². The van der Waals surface area contributed by atoms with Crippen molar-refractivity contribution in [2.75, 3.05) is 0 Å². The lowest BCUT2D eigenvalue weighted by atomic mass is 10.1. The second-order valence-electron chi connectivity index (χ2n) is 7.95. The van der Waals surface area contributed by atoms with E-state index in [2.05, 4.69) is 20.6 Å². The fraction of sp³-hybridized carbons (Fsp3) is 0.0400. The molecule has 5 rings (SSSR count). The summed E-state index contributed by atoms with van der Waals surface area (Å²) in [6, 6.07) is 19.1. The zero-order valence-electron chi connectivity index (χ0n) is 19.1. The summed E-state index contributed by atoms with van der Waals surface area (Å²) in [6.07, 6.45) is -3.45. The lowest BCUT2D eigenvalue weighted by molar-refractivity contribution is -0.384. The molecular formula is C25H15F3N6O3S. The molecule has 0 aliphatic heterocycles. The standard InChI is InChI=1S/C25H15F3N6O3S/c26-25(27,28)22-12-20(18-8-7-16-3-1-2-4-17(16)11-18)32-33(22)24-30-21(14-38-24)23(35)31-29-13-15-5-9-19(10-6-15)34(36)37/h1-14H,(H,31,35)/b29-13-. The number of amides is 1. The van der Waals surface area contributed by atoms with Gasteiger partial charge in [-0.2, -0.15) is 23.4 Å². The first-order valence-electron chi connectivity index (χ1n) is 10.9. The Hall–Kier alpha value is -4.91. The molecule has 0 spiro atoms. The molecule has 0 saturated heterocycles. The van der Waals surface area contributed by atoms with E-state index >= 15 is 0 Å². The molecule has 0 bridgehead atoms. The number of carbonyl (C=O) groups excluding carboxylic acids is 1. The highest BCUT2D eigenvalue weighted by atomic mass is 32.1. The van der Waals surface area contributed by atoms with Crippen molar-refractivity contribution in [2.45, 2.75) is 6.18 Å². The smallest absolute Gasteiger partial charge is 0.266 e. The predicted molar refractivity (Wildman–Crippen MR) is 135 cm³/mol. The Morgan fingerprint density at radius 2 is 1.79 bits per heavy atom. The summed E-state index contributed by atoms with van der Waals surface area (Å²) in [7, 11) is 0. The average Bonchev–Trinajstić information content (AvgIpc) is 3.57. The van der Waals surface area contributed by atoms with E-state index in [1.54, 1.807) is 18.2 Å².